The van der Waals surface area contributed by atoms with Crippen molar-refractivity contribution >= 4 is 11.5 Å². The van der Waals surface area contributed by atoms with Crippen LogP contribution in [0, 0.1) is 19.8 Å². The Morgan fingerprint density at radius 2 is 2.08 bits per heavy atom. The van der Waals surface area contributed by atoms with Gasteiger partial charge in [0.15, 0.2) is 0 Å². The lowest BCUT2D eigenvalue weighted by Gasteiger charge is -2.30. The second-order valence-corrected chi connectivity index (χ2v) is 7.13. The molecule has 2 aromatic rings. The predicted molar refractivity (Wildman–Crippen MR) is 103 cm³/mol. The number of likely N-dealkylation sites (tertiary alicyclic amines) is 1. The summed E-state index contributed by atoms with van der Waals surface area (Å²) in [5.41, 5.74) is 4.66. The average molecular weight is 353 g/mol. The Balaban J connectivity index is 1.77. The van der Waals surface area contributed by atoms with Gasteiger partial charge in [0, 0.05) is 18.7 Å². The lowest BCUT2D eigenvalue weighted by Crippen LogP contribution is -2.39. The molecule has 0 saturated carbocycles. The van der Waals surface area contributed by atoms with Crippen LogP contribution in [0.5, 0.6) is 0 Å². The van der Waals surface area contributed by atoms with Crippen LogP contribution in [0.25, 0.3) is 5.57 Å². The summed E-state index contributed by atoms with van der Waals surface area (Å²) in [6.07, 6.45) is 6.60. The normalized spacial score (nSPS) is 18.8. The molecule has 1 N–H and O–H groups in total. The molecular weight excluding hydrogens is 326 g/mol. The monoisotopic (exact) mass is 353 g/mol. The summed E-state index contributed by atoms with van der Waals surface area (Å²) in [6, 6.07) is 10.3. The van der Waals surface area contributed by atoms with E-state index in [1.54, 1.807) is 6.26 Å². The van der Waals surface area contributed by atoms with E-state index in [9.17, 15) is 9.90 Å². The number of carboxylic acids is 1. The van der Waals surface area contributed by atoms with Crippen molar-refractivity contribution in [2.75, 3.05) is 19.6 Å². The van der Waals surface area contributed by atoms with Crippen LogP contribution < -0.4 is 0 Å². The molecule has 0 spiro atoms. The van der Waals surface area contributed by atoms with Gasteiger partial charge in [-0.15, -0.1) is 0 Å². The van der Waals surface area contributed by atoms with Gasteiger partial charge in [0.25, 0.3) is 0 Å². The molecule has 138 valence electrons. The topological polar surface area (TPSA) is 53.7 Å². The molecule has 0 bridgehead atoms. The summed E-state index contributed by atoms with van der Waals surface area (Å²) in [6.45, 7) is 6.69. The zero-order valence-corrected chi connectivity index (χ0v) is 15.6. The Morgan fingerprint density at radius 1 is 1.27 bits per heavy atom. The third-order valence-electron chi connectivity index (χ3n) is 5.19. The maximum atomic E-state index is 11.2. The van der Waals surface area contributed by atoms with E-state index in [-0.39, 0.29) is 5.92 Å². The Bertz CT molecular complexity index is 790. The molecule has 0 radical (unpaired) electrons. The molecule has 2 heterocycles. The van der Waals surface area contributed by atoms with E-state index >= 15 is 0 Å². The van der Waals surface area contributed by atoms with Gasteiger partial charge in [-0.25, -0.2) is 0 Å². The summed E-state index contributed by atoms with van der Waals surface area (Å²) in [5, 5.41) is 9.25. The Morgan fingerprint density at radius 3 is 2.77 bits per heavy atom. The summed E-state index contributed by atoms with van der Waals surface area (Å²) in [5.74, 6) is 0.0225. The van der Waals surface area contributed by atoms with E-state index in [1.165, 1.54) is 11.1 Å². The van der Waals surface area contributed by atoms with Crippen molar-refractivity contribution in [3.8, 4) is 0 Å². The number of rotatable bonds is 6. The fraction of sp³-hybridized carbons (Fsp3) is 0.409. The molecule has 1 fully saturated rings. The molecule has 1 unspecified atom stereocenters. The fourth-order valence-corrected chi connectivity index (χ4v) is 3.70. The lowest BCUT2D eigenvalue weighted by molar-refractivity contribution is -0.143. The lowest BCUT2D eigenvalue weighted by atomic mass is 9.95. The quantitative estimate of drug-likeness (QED) is 0.830. The summed E-state index contributed by atoms with van der Waals surface area (Å²) in [4.78, 5) is 13.5. The van der Waals surface area contributed by atoms with E-state index in [2.05, 4.69) is 43.0 Å². The number of piperidine rings is 1. The van der Waals surface area contributed by atoms with Gasteiger partial charge in [0.1, 0.15) is 5.76 Å². The van der Waals surface area contributed by atoms with Gasteiger partial charge >= 0.3 is 5.97 Å². The van der Waals surface area contributed by atoms with Crippen molar-refractivity contribution in [2.24, 2.45) is 5.92 Å². The van der Waals surface area contributed by atoms with Gasteiger partial charge in [-0.3, -0.25) is 4.79 Å². The average Bonchev–Trinajstić information content (AvgIpc) is 3.06. The smallest absolute Gasteiger partial charge is 0.307 e. The second kappa shape index (κ2) is 8.37. The molecule has 1 saturated heterocycles. The van der Waals surface area contributed by atoms with Gasteiger partial charge in [-0.1, -0.05) is 30.3 Å². The van der Waals surface area contributed by atoms with E-state index in [0.717, 1.165) is 49.2 Å². The van der Waals surface area contributed by atoms with Crippen LogP contribution in [-0.4, -0.2) is 35.6 Å². The SMILES string of the molecule is Cc1ccccc1/C(=C\CCN1CCCC(C(=O)O)C1)c1occc1C. The summed E-state index contributed by atoms with van der Waals surface area (Å²) in [7, 11) is 0. The third-order valence-corrected chi connectivity index (χ3v) is 5.19. The third kappa shape index (κ3) is 4.25. The number of furan rings is 1. The Labute approximate surface area is 155 Å². The molecule has 1 aliphatic rings. The molecule has 1 aliphatic heterocycles. The first kappa shape index (κ1) is 18.5. The maximum Gasteiger partial charge on any atom is 0.307 e. The number of hydrogen-bond donors (Lipinski definition) is 1. The molecule has 0 aliphatic carbocycles. The van der Waals surface area contributed by atoms with Crippen molar-refractivity contribution < 1.29 is 14.3 Å². The number of aliphatic carboxylic acids is 1. The summed E-state index contributed by atoms with van der Waals surface area (Å²) >= 11 is 0. The van der Waals surface area contributed by atoms with Crippen LogP contribution in [0.1, 0.15) is 41.7 Å². The van der Waals surface area contributed by atoms with E-state index in [4.69, 9.17) is 4.42 Å². The van der Waals surface area contributed by atoms with Crippen molar-refractivity contribution in [3.05, 3.63) is 65.1 Å². The molecule has 3 rings (SSSR count). The molecule has 4 heteroatoms. The van der Waals surface area contributed by atoms with Crippen molar-refractivity contribution in [3.63, 3.8) is 0 Å². The molecular formula is C22H27NO3. The zero-order chi connectivity index (χ0) is 18.5. The van der Waals surface area contributed by atoms with Gasteiger partial charge in [-0.05, 0) is 62.4 Å². The standard InChI is InChI=1S/C22H27NO3/c1-16-7-3-4-9-19(16)20(21-17(2)11-14-26-21)10-6-13-23-12-5-8-18(15-23)22(24)25/h3-4,7,9-11,14,18H,5-6,8,12-13,15H2,1-2H3,(H,24,25)/b20-10+. The van der Waals surface area contributed by atoms with Gasteiger partial charge in [-0.2, -0.15) is 0 Å². The predicted octanol–water partition coefficient (Wildman–Crippen LogP) is 4.51. The van der Waals surface area contributed by atoms with Crippen LogP contribution in [0.15, 0.2) is 47.1 Å². The van der Waals surface area contributed by atoms with Crippen molar-refractivity contribution in [1.29, 1.82) is 0 Å². The Hall–Kier alpha value is -2.33. The second-order valence-electron chi connectivity index (χ2n) is 7.13. The highest BCUT2D eigenvalue weighted by Gasteiger charge is 2.24. The maximum absolute atomic E-state index is 11.2. The molecule has 1 aromatic carbocycles. The minimum atomic E-state index is -0.669. The molecule has 1 aromatic heterocycles. The van der Waals surface area contributed by atoms with Crippen molar-refractivity contribution in [2.45, 2.75) is 33.1 Å². The highest BCUT2D eigenvalue weighted by molar-refractivity contribution is 5.80. The van der Waals surface area contributed by atoms with E-state index < -0.39 is 5.97 Å². The number of aryl methyl sites for hydroxylation is 2. The van der Waals surface area contributed by atoms with Crippen LogP contribution >= 0.6 is 0 Å². The molecule has 1 atom stereocenters. The van der Waals surface area contributed by atoms with Gasteiger partial charge < -0.3 is 14.4 Å². The number of hydrogen-bond acceptors (Lipinski definition) is 3. The first-order valence-corrected chi connectivity index (χ1v) is 9.32. The van der Waals surface area contributed by atoms with Crippen LogP contribution in [0.3, 0.4) is 0 Å². The number of benzene rings is 1. The number of carboxylic acid groups (broad SMARTS) is 1. The van der Waals surface area contributed by atoms with Crippen LogP contribution in [0.4, 0.5) is 0 Å². The first-order chi connectivity index (χ1) is 12.6. The highest BCUT2D eigenvalue weighted by Crippen LogP contribution is 2.29. The van der Waals surface area contributed by atoms with Gasteiger partial charge in [0.05, 0.1) is 12.2 Å². The fourth-order valence-electron chi connectivity index (χ4n) is 3.70. The number of carbonyl (C=O) groups is 1. The summed E-state index contributed by atoms with van der Waals surface area (Å²) < 4.78 is 5.77. The minimum absolute atomic E-state index is 0.226. The Kier molecular flexibility index (Phi) is 5.94. The first-order valence-electron chi connectivity index (χ1n) is 9.32. The minimum Gasteiger partial charge on any atom is -0.481 e. The van der Waals surface area contributed by atoms with E-state index in [1.807, 2.05) is 12.1 Å². The zero-order valence-electron chi connectivity index (χ0n) is 15.6. The van der Waals surface area contributed by atoms with Crippen LogP contribution in [0.2, 0.25) is 0 Å². The largest absolute Gasteiger partial charge is 0.481 e. The molecule has 4 nitrogen and oxygen atoms in total. The van der Waals surface area contributed by atoms with Crippen molar-refractivity contribution in [1.82, 2.24) is 4.90 Å². The van der Waals surface area contributed by atoms with E-state index in [0.29, 0.717) is 6.54 Å². The molecule has 26 heavy (non-hydrogen) atoms. The molecule has 0 amide bonds. The van der Waals surface area contributed by atoms with Crippen LogP contribution in [-0.2, 0) is 4.79 Å². The highest BCUT2D eigenvalue weighted by atomic mass is 16.4. The van der Waals surface area contributed by atoms with Gasteiger partial charge in [0.2, 0.25) is 0 Å². The number of nitrogens with zero attached hydrogens (tertiary/aromatic N) is 1.